The van der Waals surface area contributed by atoms with Crippen molar-refractivity contribution in [1.82, 2.24) is 30.1 Å². The molecule has 3 amide bonds. The van der Waals surface area contributed by atoms with Crippen molar-refractivity contribution < 1.29 is 18.8 Å². The van der Waals surface area contributed by atoms with E-state index in [1.807, 2.05) is 38.1 Å². The minimum absolute atomic E-state index is 0.0938. The molecule has 3 atom stereocenters. The van der Waals surface area contributed by atoms with E-state index in [1.165, 1.54) is 12.1 Å². The summed E-state index contributed by atoms with van der Waals surface area (Å²) in [6, 6.07) is 12.5. The summed E-state index contributed by atoms with van der Waals surface area (Å²) in [4.78, 5) is 54.1. The van der Waals surface area contributed by atoms with Gasteiger partial charge in [-0.25, -0.2) is 9.37 Å². The van der Waals surface area contributed by atoms with Gasteiger partial charge in [0.05, 0.1) is 23.1 Å². The Balaban J connectivity index is 1.15. The van der Waals surface area contributed by atoms with Crippen molar-refractivity contribution in [3.8, 4) is 0 Å². The lowest BCUT2D eigenvalue weighted by atomic mass is 10.0. The Hall–Kier alpha value is -4.21. The highest BCUT2D eigenvalue weighted by Gasteiger charge is 2.48. The fourth-order valence-corrected chi connectivity index (χ4v) is 5.73. The number of para-hydroxylation sites is 2. The number of benzene rings is 2. The molecule has 6 rings (SSSR count). The van der Waals surface area contributed by atoms with Gasteiger partial charge in [0.2, 0.25) is 5.91 Å². The Morgan fingerprint density at radius 3 is 2.53 bits per heavy atom. The van der Waals surface area contributed by atoms with Gasteiger partial charge in [-0.3, -0.25) is 14.4 Å². The summed E-state index contributed by atoms with van der Waals surface area (Å²) in [7, 11) is 0. The smallest absolute Gasteiger partial charge is 0.290 e. The van der Waals surface area contributed by atoms with E-state index in [0.29, 0.717) is 42.7 Å². The van der Waals surface area contributed by atoms with E-state index in [9.17, 15) is 18.8 Å². The van der Waals surface area contributed by atoms with Crippen LogP contribution in [0.3, 0.4) is 0 Å². The van der Waals surface area contributed by atoms with Crippen LogP contribution in [0.4, 0.5) is 4.39 Å². The molecular formula is C28H29FN6O3. The van der Waals surface area contributed by atoms with Crippen molar-refractivity contribution in [2.75, 3.05) is 13.1 Å². The maximum atomic E-state index is 13.6. The number of halogens is 1. The molecule has 2 fully saturated rings. The number of hydrogen-bond donors (Lipinski definition) is 3. The Morgan fingerprint density at radius 2 is 1.79 bits per heavy atom. The molecule has 10 heteroatoms. The molecule has 4 aromatic rings. The van der Waals surface area contributed by atoms with Gasteiger partial charge in [-0.15, -0.1) is 0 Å². The lowest BCUT2D eigenvalue weighted by molar-refractivity contribution is -0.135. The molecule has 3 N–H and O–H groups in total. The molecule has 2 saturated heterocycles. The van der Waals surface area contributed by atoms with Crippen LogP contribution < -0.4 is 5.32 Å². The fourth-order valence-electron chi connectivity index (χ4n) is 5.73. The first kappa shape index (κ1) is 24.1. The van der Waals surface area contributed by atoms with E-state index in [4.69, 9.17) is 0 Å². The minimum Gasteiger partial charge on any atom is -0.351 e. The van der Waals surface area contributed by atoms with Gasteiger partial charge >= 0.3 is 0 Å². The van der Waals surface area contributed by atoms with Crippen LogP contribution in [0.5, 0.6) is 0 Å². The predicted octanol–water partition coefficient (Wildman–Crippen LogP) is 3.45. The van der Waals surface area contributed by atoms with Crippen molar-refractivity contribution in [1.29, 1.82) is 0 Å². The molecule has 2 aliphatic heterocycles. The number of aromatic nitrogens is 3. The SMILES string of the molecule is CC(C)C[C@H](NC(=O)c1cc2cc(F)ccc2[nH]1)C(=O)N1C[C@@H]2C[C@H]1CN2C(=O)c1nc2ccccc2[nH]1. The Kier molecular flexibility index (Phi) is 5.89. The first-order chi connectivity index (χ1) is 18.3. The summed E-state index contributed by atoms with van der Waals surface area (Å²) in [5.41, 5.74) is 2.47. The highest BCUT2D eigenvalue weighted by molar-refractivity contribution is 6.00. The molecule has 4 heterocycles. The number of amides is 3. The number of nitrogens with one attached hydrogen (secondary N) is 3. The van der Waals surface area contributed by atoms with Gasteiger partial charge in [0.25, 0.3) is 11.8 Å². The minimum atomic E-state index is -0.704. The number of imidazole rings is 1. The molecule has 2 aromatic carbocycles. The Bertz CT molecular complexity index is 1530. The summed E-state index contributed by atoms with van der Waals surface area (Å²) in [6.45, 7) is 4.86. The van der Waals surface area contributed by atoms with Crippen LogP contribution in [0.2, 0.25) is 0 Å². The third kappa shape index (κ3) is 4.29. The van der Waals surface area contributed by atoms with Gasteiger partial charge in [-0.1, -0.05) is 26.0 Å². The molecule has 196 valence electrons. The van der Waals surface area contributed by atoms with Crippen LogP contribution >= 0.6 is 0 Å². The number of piperazine rings is 1. The molecule has 0 radical (unpaired) electrons. The highest BCUT2D eigenvalue weighted by atomic mass is 19.1. The van der Waals surface area contributed by atoms with Gasteiger partial charge in [0.15, 0.2) is 5.82 Å². The number of rotatable bonds is 6. The van der Waals surface area contributed by atoms with Crippen LogP contribution in [-0.2, 0) is 4.79 Å². The number of nitrogens with zero attached hydrogens (tertiary/aromatic N) is 3. The first-order valence-corrected chi connectivity index (χ1v) is 12.9. The molecular weight excluding hydrogens is 487 g/mol. The number of H-pyrrole nitrogens is 2. The van der Waals surface area contributed by atoms with Crippen LogP contribution in [0.25, 0.3) is 21.9 Å². The second kappa shape index (κ2) is 9.27. The van der Waals surface area contributed by atoms with Crippen LogP contribution in [0.15, 0.2) is 48.5 Å². The average Bonchev–Trinajstić information content (AvgIpc) is 3.68. The topological polar surface area (TPSA) is 114 Å². The maximum Gasteiger partial charge on any atom is 0.290 e. The van der Waals surface area contributed by atoms with Crippen molar-refractivity contribution in [3.63, 3.8) is 0 Å². The van der Waals surface area contributed by atoms with Crippen LogP contribution in [-0.4, -0.2) is 73.7 Å². The molecule has 0 spiro atoms. The van der Waals surface area contributed by atoms with E-state index >= 15 is 0 Å². The second-order valence-electron chi connectivity index (χ2n) is 10.7. The average molecular weight is 517 g/mol. The maximum absolute atomic E-state index is 13.6. The van der Waals surface area contributed by atoms with Gasteiger partial charge < -0.3 is 25.1 Å². The van der Waals surface area contributed by atoms with E-state index < -0.39 is 11.9 Å². The zero-order valence-electron chi connectivity index (χ0n) is 21.2. The second-order valence-corrected chi connectivity index (χ2v) is 10.7. The molecule has 0 aliphatic carbocycles. The molecule has 2 aromatic heterocycles. The molecule has 2 aliphatic rings. The quantitative estimate of drug-likeness (QED) is 0.364. The molecule has 9 nitrogen and oxygen atoms in total. The molecule has 0 saturated carbocycles. The summed E-state index contributed by atoms with van der Waals surface area (Å²) >= 11 is 0. The van der Waals surface area contributed by atoms with Gasteiger partial charge in [-0.2, -0.15) is 0 Å². The summed E-state index contributed by atoms with van der Waals surface area (Å²) in [5, 5.41) is 3.49. The molecule has 2 bridgehead atoms. The van der Waals surface area contributed by atoms with Crippen LogP contribution in [0.1, 0.15) is 47.8 Å². The third-order valence-corrected chi connectivity index (χ3v) is 7.51. The van der Waals surface area contributed by atoms with Gasteiger partial charge in [-0.05, 0) is 55.2 Å². The van der Waals surface area contributed by atoms with Crippen molar-refractivity contribution in [2.45, 2.75) is 44.8 Å². The van der Waals surface area contributed by atoms with Gasteiger partial charge in [0, 0.05) is 24.0 Å². The predicted molar refractivity (Wildman–Crippen MR) is 140 cm³/mol. The van der Waals surface area contributed by atoms with Gasteiger partial charge in [0.1, 0.15) is 17.6 Å². The van der Waals surface area contributed by atoms with E-state index in [0.717, 1.165) is 11.0 Å². The van der Waals surface area contributed by atoms with Crippen LogP contribution in [0, 0.1) is 11.7 Å². The standard InChI is InChI=1S/C28H29FN6O3/c1-15(2)9-24(33-26(36)23-11-16-10-17(29)7-8-20(16)30-23)27(37)34-13-19-12-18(34)14-35(19)28(38)25-31-21-5-3-4-6-22(21)32-25/h3-8,10-11,15,18-19,24,30H,9,12-14H2,1-2H3,(H,31,32)(H,33,36)/t18-,19-,24-/m0/s1. The Morgan fingerprint density at radius 1 is 1.03 bits per heavy atom. The largest absolute Gasteiger partial charge is 0.351 e. The van der Waals surface area contributed by atoms with Crippen molar-refractivity contribution in [2.24, 2.45) is 5.92 Å². The lowest BCUT2D eigenvalue weighted by Gasteiger charge is -2.36. The normalized spacial score (nSPS) is 19.6. The van der Waals surface area contributed by atoms with E-state index in [2.05, 4.69) is 20.3 Å². The number of carbonyl (C=O) groups excluding carboxylic acids is 3. The summed E-state index contributed by atoms with van der Waals surface area (Å²) < 4.78 is 13.6. The third-order valence-electron chi connectivity index (χ3n) is 7.51. The molecule has 0 unspecified atom stereocenters. The Labute approximate surface area is 218 Å². The van der Waals surface area contributed by atoms with Crippen molar-refractivity contribution in [3.05, 3.63) is 65.9 Å². The zero-order chi connectivity index (χ0) is 26.6. The monoisotopic (exact) mass is 516 g/mol. The number of aromatic amines is 2. The summed E-state index contributed by atoms with van der Waals surface area (Å²) in [5.74, 6) is -0.618. The van der Waals surface area contributed by atoms with E-state index in [-0.39, 0.29) is 41.3 Å². The lowest BCUT2D eigenvalue weighted by Crippen LogP contribution is -2.56. The molecule has 38 heavy (non-hydrogen) atoms. The highest BCUT2D eigenvalue weighted by Crippen LogP contribution is 2.33. The van der Waals surface area contributed by atoms with E-state index in [1.54, 1.807) is 21.9 Å². The number of hydrogen-bond acceptors (Lipinski definition) is 4. The van der Waals surface area contributed by atoms with Crippen molar-refractivity contribution >= 4 is 39.7 Å². The first-order valence-electron chi connectivity index (χ1n) is 12.9. The fraction of sp³-hybridized carbons (Fsp3) is 0.357. The number of fused-ring (bicyclic) bond motifs is 4. The number of carbonyl (C=O) groups is 3. The number of likely N-dealkylation sites (tertiary alicyclic amines) is 2. The zero-order valence-corrected chi connectivity index (χ0v) is 21.2. The summed E-state index contributed by atoms with van der Waals surface area (Å²) in [6.07, 6.45) is 1.18.